The van der Waals surface area contributed by atoms with Crippen molar-refractivity contribution in [2.24, 2.45) is 0 Å². The number of ether oxygens (including phenoxy) is 1. The second-order valence-electron chi connectivity index (χ2n) is 6.07. The van der Waals surface area contributed by atoms with Gasteiger partial charge in [0.15, 0.2) is 18.2 Å². The zero-order valence-electron chi connectivity index (χ0n) is 15.5. The summed E-state index contributed by atoms with van der Waals surface area (Å²) in [6, 6.07) is 20.6. The summed E-state index contributed by atoms with van der Waals surface area (Å²) in [5, 5.41) is 11.6. The molecule has 3 aromatic rings. The van der Waals surface area contributed by atoms with Gasteiger partial charge in [0.25, 0.3) is 5.91 Å². The van der Waals surface area contributed by atoms with Crippen LogP contribution in [-0.4, -0.2) is 29.3 Å². The molecule has 0 spiro atoms. The number of carbonyl (C=O) groups is 1. The molecule has 0 saturated carbocycles. The number of hydrogen-bond acceptors (Lipinski definition) is 5. The fourth-order valence-corrected chi connectivity index (χ4v) is 2.70. The molecule has 6 nitrogen and oxygen atoms in total. The molecule has 3 rings (SSSR count). The van der Waals surface area contributed by atoms with Crippen LogP contribution in [0.4, 0.5) is 11.6 Å². The number of hydrogen-bond donors (Lipinski definition) is 1. The monoisotopic (exact) mass is 396 g/mol. The van der Waals surface area contributed by atoms with E-state index < -0.39 is 0 Å². The molecular formula is C21H21ClN4O2. The standard InChI is InChI=1S/C21H21ClN4O2/c1-2-26(14-16-6-4-3-5-7-16)20-13-12-19(24-25-20)23-21(27)15-28-18-10-8-17(22)9-11-18/h3-13H,2,14-15H2,1H3,(H,23,24,27). The highest BCUT2D eigenvalue weighted by molar-refractivity contribution is 6.30. The summed E-state index contributed by atoms with van der Waals surface area (Å²) in [4.78, 5) is 14.1. The Balaban J connectivity index is 1.54. The molecule has 1 amide bonds. The minimum absolute atomic E-state index is 0.125. The molecule has 1 N–H and O–H groups in total. The third-order valence-corrected chi connectivity index (χ3v) is 4.28. The van der Waals surface area contributed by atoms with Gasteiger partial charge in [-0.05, 0) is 48.9 Å². The van der Waals surface area contributed by atoms with E-state index in [0.717, 1.165) is 18.9 Å². The highest BCUT2D eigenvalue weighted by atomic mass is 35.5. The van der Waals surface area contributed by atoms with Crippen LogP contribution >= 0.6 is 11.6 Å². The lowest BCUT2D eigenvalue weighted by atomic mass is 10.2. The molecule has 2 aromatic carbocycles. The van der Waals surface area contributed by atoms with Crippen LogP contribution in [0, 0.1) is 0 Å². The molecule has 0 aliphatic rings. The van der Waals surface area contributed by atoms with Gasteiger partial charge < -0.3 is 15.0 Å². The molecule has 0 aliphatic heterocycles. The number of benzene rings is 2. The number of anilines is 2. The predicted octanol–water partition coefficient (Wildman–Crippen LogP) is 4.17. The zero-order chi connectivity index (χ0) is 19.8. The van der Waals surface area contributed by atoms with E-state index in [0.29, 0.717) is 16.6 Å². The highest BCUT2D eigenvalue weighted by Gasteiger charge is 2.09. The largest absolute Gasteiger partial charge is 0.484 e. The van der Waals surface area contributed by atoms with Crippen molar-refractivity contribution in [3.8, 4) is 5.75 Å². The molecule has 0 unspecified atom stereocenters. The van der Waals surface area contributed by atoms with E-state index in [-0.39, 0.29) is 12.5 Å². The SMILES string of the molecule is CCN(Cc1ccccc1)c1ccc(NC(=O)COc2ccc(Cl)cc2)nn1. The van der Waals surface area contributed by atoms with Gasteiger partial charge >= 0.3 is 0 Å². The van der Waals surface area contributed by atoms with Crippen LogP contribution < -0.4 is 15.0 Å². The summed E-state index contributed by atoms with van der Waals surface area (Å²) in [6.45, 7) is 3.48. The van der Waals surface area contributed by atoms with Crippen molar-refractivity contribution in [2.45, 2.75) is 13.5 Å². The molecule has 0 radical (unpaired) electrons. The second-order valence-corrected chi connectivity index (χ2v) is 6.50. The van der Waals surface area contributed by atoms with Crippen LogP contribution in [0.5, 0.6) is 5.75 Å². The molecule has 0 aliphatic carbocycles. The van der Waals surface area contributed by atoms with Crippen LogP contribution in [0.15, 0.2) is 66.7 Å². The van der Waals surface area contributed by atoms with E-state index >= 15 is 0 Å². The molecule has 28 heavy (non-hydrogen) atoms. The van der Waals surface area contributed by atoms with Gasteiger partial charge in [0, 0.05) is 18.1 Å². The highest BCUT2D eigenvalue weighted by Crippen LogP contribution is 2.16. The summed E-state index contributed by atoms with van der Waals surface area (Å²) >= 11 is 5.82. The predicted molar refractivity (Wildman–Crippen MR) is 111 cm³/mol. The minimum Gasteiger partial charge on any atom is -0.484 e. The lowest BCUT2D eigenvalue weighted by Gasteiger charge is -2.21. The number of halogens is 1. The van der Waals surface area contributed by atoms with Crippen molar-refractivity contribution in [3.05, 3.63) is 77.3 Å². The van der Waals surface area contributed by atoms with Crippen molar-refractivity contribution in [3.63, 3.8) is 0 Å². The topological polar surface area (TPSA) is 67.4 Å². The average molecular weight is 397 g/mol. The lowest BCUT2D eigenvalue weighted by molar-refractivity contribution is -0.118. The van der Waals surface area contributed by atoms with E-state index in [9.17, 15) is 4.79 Å². The zero-order valence-corrected chi connectivity index (χ0v) is 16.3. The maximum Gasteiger partial charge on any atom is 0.263 e. The quantitative estimate of drug-likeness (QED) is 0.618. The molecule has 144 valence electrons. The maximum atomic E-state index is 12.0. The molecule has 0 saturated heterocycles. The summed E-state index contributed by atoms with van der Waals surface area (Å²) in [5.41, 5.74) is 1.20. The molecular weight excluding hydrogens is 376 g/mol. The van der Waals surface area contributed by atoms with Crippen LogP contribution in [-0.2, 0) is 11.3 Å². The summed E-state index contributed by atoms with van der Waals surface area (Å²) < 4.78 is 5.41. The van der Waals surface area contributed by atoms with E-state index in [1.54, 1.807) is 30.3 Å². The van der Waals surface area contributed by atoms with Crippen molar-refractivity contribution in [2.75, 3.05) is 23.4 Å². The lowest BCUT2D eigenvalue weighted by Crippen LogP contribution is -2.24. The molecule has 7 heteroatoms. The fraction of sp³-hybridized carbons (Fsp3) is 0.190. The number of nitrogens with one attached hydrogen (secondary N) is 1. The smallest absolute Gasteiger partial charge is 0.263 e. The van der Waals surface area contributed by atoms with Gasteiger partial charge in [-0.25, -0.2) is 0 Å². The van der Waals surface area contributed by atoms with Crippen molar-refractivity contribution >= 4 is 29.1 Å². The molecule has 1 aromatic heterocycles. The first kappa shape index (κ1) is 19.6. The Bertz CT molecular complexity index is 887. The van der Waals surface area contributed by atoms with Crippen molar-refractivity contribution < 1.29 is 9.53 Å². The van der Waals surface area contributed by atoms with E-state index in [1.807, 2.05) is 24.3 Å². The normalized spacial score (nSPS) is 10.4. The Labute approximate surface area is 169 Å². The van der Waals surface area contributed by atoms with Gasteiger partial charge in [0.1, 0.15) is 5.75 Å². The number of nitrogens with zero attached hydrogens (tertiary/aromatic N) is 3. The first-order valence-electron chi connectivity index (χ1n) is 8.95. The number of carbonyl (C=O) groups excluding carboxylic acids is 1. The van der Waals surface area contributed by atoms with Gasteiger partial charge in [-0.2, -0.15) is 0 Å². The van der Waals surface area contributed by atoms with Gasteiger partial charge in [-0.1, -0.05) is 41.9 Å². The average Bonchev–Trinajstić information content (AvgIpc) is 2.73. The first-order chi connectivity index (χ1) is 13.6. The van der Waals surface area contributed by atoms with E-state index in [4.69, 9.17) is 16.3 Å². The third kappa shape index (κ3) is 5.69. The summed E-state index contributed by atoms with van der Waals surface area (Å²) in [6.07, 6.45) is 0. The summed E-state index contributed by atoms with van der Waals surface area (Å²) in [7, 11) is 0. The second kappa shape index (κ2) is 9.71. The Morgan fingerprint density at radius 1 is 1.04 bits per heavy atom. The van der Waals surface area contributed by atoms with Gasteiger partial charge in [0.2, 0.25) is 0 Å². The summed E-state index contributed by atoms with van der Waals surface area (Å²) in [5.74, 6) is 1.39. The third-order valence-electron chi connectivity index (χ3n) is 4.02. The van der Waals surface area contributed by atoms with Crippen LogP contribution in [0.3, 0.4) is 0 Å². The molecule has 1 heterocycles. The number of rotatable bonds is 8. The minimum atomic E-state index is -0.311. The Hall–Kier alpha value is -3.12. The van der Waals surface area contributed by atoms with Crippen molar-refractivity contribution in [1.82, 2.24) is 10.2 Å². The van der Waals surface area contributed by atoms with E-state index in [1.165, 1.54) is 5.56 Å². The van der Waals surface area contributed by atoms with Crippen molar-refractivity contribution in [1.29, 1.82) is 0 Å². The van der Waals surface area contributed by atoms with Crippen LogP contribution in [0.25, 0.3) is 0 Å². The van der Waals surface area contributed by atoms with Gasteiger partial charge in [0.05, 0.1) is 0 Å². The fourth-order valence-electron chi connectivity index (χ4n) is 2.58. The molecule has 0 bridgehead atoms. The first-order valence-corrected chi connectivity index (χ1v) is 9.32. The molecule has 0 atom stereocenters. The Morgan fingerprint density at radius 3 is 2.43 bits per heavy atom. The number of aromatic nitrogens is 2. The van der Waals surface area contributed by atoms with Gasteiger partial charge in [-0.3, -0.25) is 4.79 Å². The Kier molecular flexibility index (Phi) is 6.81. The Morgan fingerprint density at radius 2 is 1.79 bits per heavy atom. The molecule has 0 fully saturated rings. The van der Waals surface area contributed by atoms with Gasteiger partial charge in [-0.15, -0.1) is 10.2 Å². The van der Waals surface area contributed by atoms with E-state index in [2.05, 4.69) is 39.5 Å². The van der Waals surface area contributed by atoms with Crippen LogP contribution in [0.2, 0.25) is 5.02 Å². The number of amides is 1. The van der Waals surface area contributed by atoms with Crippen LogP contribution in [0.1, 0.15) is 12.5 Å². The maximum absolute atomic E-state index is 12.0.